The summed E-state index contributed by atoms with van der Waals surface area (Å²) in [5, 5.41) is 0.859. The van der Waals surface area contributed by atoms with Gasteiger partial charge in [0.2, 0.25) is 10.0 Å². The van der Waals surface area contributed by atoms with Crippen LogP contribution in [0.4, 0.5) is 15.9 Å². The van der Waals surface area contributed by atoms with Crippen LogP contribution in [0, 0.1) is 5.82 Å². The second-order valence-electron chi connectivity index (χ2n) is 9.39. The fourth-order valence-corrected chi connectivity index (χ4v) is 6.12. The summed E-state index contributed by atoms with van der Waals surface area (Å²) < 4.78 is 39.6. The summed E-state index contributed by atoms with van der Waals surface area (Å²) in [6.45, 7) is 7.22. The molecule has 7 nitrogen and oxygen atoms in total. The average molecular weight is 545 g/mol. The summed E-state index contributed by atoms with van der Waals surface area (Å²) in [4.78, 5) is 11.6. The number of aromatic nitrogens is 1. The second kappa shape index (κ2) is 11.2. The molecule has 1 aromatic carbocycles. The van der Waals surface area contributed by atoms with Crippen LogP contribution in [0.15, 0.2) is 30.5 Å². The minimum Gasteiger partial charge on any atom is -0.353 e. The van der Waals surface area contributed by atoms with E-state index in [1.165, 1.54) is 12.3 Å². The maximum Gasteiger partial charge on any atom is 0.229 e. The number of piperazine rings is 1. The number of hydrogen-bond donors (Lipinski definition) is 1. The number of benzene rings is 1. The first-order chi connectivity index (χ1) is 16.6. The molecule has 1 aromatic heterocycles. The zero-order chi connectivity index (χ0) is 25.2. The molecule has 0 saturated carbocycles. The summed E-state index contributed by atoms with van der Waals surface area (Å²) in [5.74, 6) is 0.442. The molecule has 2 aliphatic rings. The van der Waals surface area contributed by atoms with Gasteiger partial charge >= 0.3 is 0 Å². The normalized spacial score (nSPS) is 20.8. The Morgan fingerprint density at radius 1 is 1.14 bits per heavy atom. The highest BCUT2D eigenvalue weighted by Crippen LogP contribution is 2.31. The second-order valence-corrected chi connectivity index (χ2v) is 12.0. The molecule has 2 fully saturated rings. The van der Waals surface area contributed by atoms with Gasteiger partial charge in [-0.1, -0.05) is 36.2 Å². The Bertz CT molecular complexity index is 1140. The van der Waals surface area contributed by atoms with E-state index in [4.69, 9.17) is 23.2 Å². The molecule has 0 amide bonds. The number of sulfonamides is 1. The SMILES string of the molecule is CCC1CN(c2ncc(NS(C)(=O)=O)cc2Cl)CCN1C1CCN(Cc2ccc(Cl)cc2F)CC1. The lowest BCUT2D eigenvalue weighted by atomic mass is 9.97. The first kappa shape index (κ1) is 26.4. The van der Waals surface area contributed by atoms with Gasteiger partial charge in [-0.2, -0.15) is 0 Å². The van der Waals surface area contributed by atoms with Crippen molar-refractivity contribution in [3.63, 3.8) is 0 Å². The molecule has 1 N–H and O–H groups in total. The molecule has 0 radical (unpaired) electrons. The third-order valence-electron chi connectivity index (χ3n) is 6.86. The Kier molecular flexibility index (Phi) is 8.43. The molecule has 11 heteroatoms. The van der Waals surface area contributed by atoms with E-state index in [0.717, 1.165) is 58.2 Å². The van der Waals surface area contributed by atoms with Crippen molar-refractivity contribution >= 4 is 44.7 Å². The van der Waals surface area contributed by atoms with E-state index in [1.54, 1.807) is 18.2 Å². The van der Waals surface area contributed by atoms with Crippen LogP contribution in [0.2, 0.25) is 10.0 Å². The summed E-state index contributed by atoms with van der Waals surface area (Å²) in [6, 6.07) is 7.39. The van der Waals surface area contributed by atoms with Crippen LogP contribution >= 0.6 is 23.2 Å². The molecule has 2 aliphatic heterocycles. The molecule has 0 spiro atoms. The Morgan fingerprint density at radius 2 is 1.89 bits per heavy atom. The van der Waals surface area contributed by atoms with Crippen molar-refractivity contribution in [1.82, 2.24) is 14.8 Å². The third-order valence-corrected chi connectivity index (χ3v) is 7.98. The summed E-state index contributed by atoms with van der Waals surface area (Å²) in [6.07, 6.45) is 5.72. The molecule has 2 saturated heterocycles. The van der Waals surface area contributed by atoms with Crippen LogP contribution in [-0.2, 0) is 16.6 Å². The molecule has 35 heavy (non-hydrogen) atoms. The van der Waals surface area contributed by atoms with Crippen LogP contribution in [0.25, 0.3) is 0 Å². The minimum atomic E-state index is -3.39. The van der Waals surface area contributed by atoms with Gasteiger partial charge in [0.05, 0.1) is 23.2 Å². The van der Waals surface area contributed by atoms with Crippen LogP contribution in [-0.4, -0.2) is 74.3 Å². The fourth-order valence-electron chi connectivity index (χ4n) is 5.14. The largest absolute Gasteiger partial charge is 0.353 e. The van der Waals surface area contributed by atoms with Gasteiger partial charge in [-0.3, -0.25) is 14.5 Å². The fraction of sp³-hybridized carbons (Fsp3) is 0.542. The maximum atomic E-state index is 14.2. The topological polar surface area (TPSA) is 68.8 Å². The van der Waals surface area contributed by atoms with Gasteiger partial charge in [-0.15, -0.1) is 0 Å². The van der Waals surface area contributed by atoms with E-state index in [2.05, 4.69) is 31.3 Å². The van der Waals surface area contributed by atoms with E-state index in [-0.39, 0.29) is 5.82 Å². The molecule has 1 unspecified atom stereocenters. The van der Waals surface area contributed by atoms with Crippen molar-refractivity contribution in [2.45, 2.75) is 44.8 Å². The monoisotopic (exact) mass is 543 g/mol. The van der Waals surface area contributed by atoms with Crippen LogP contribution < -0.4 is 9.62 Å². The number of likely N-dealkylation sites (tertiary alicyclic amines) is 1. The summed E-state index contributed by atoms with van der Waals surface area (Å²) in [7, 11) is -3.39. The number of piperidine rings is 1. The van der Waals surface area contributed by atoms with Crippen molar-refractivity contribution in [3.05, 3.63) is 51.9 Å². The highest BCUT2D eigenvalue weighted by Gasteiger charge is 2.34. The molecule has 0 bridgehead atoms. The van der Waals surface area contributed by atoms with E-state index in [1.807, 2.05) is 0 Å². The first-order valence-corrected chi connectivity index (χ1v) is 14.6. The van der Waals surface area contributed by atoms with Crippen molar-refractivity contribution in [2.24, 2.45) is 0 Å². The predicted molar refractivity (Wildman–Crippen MR) is 140 cm³/mol. The van der Waals surface area contributed by atoms with Crippen molar-refractivity contribution in [2.75, 3.05) is 48.6 Å². The van der Waals surface area contributed by atoms with Gasteiger partial charge in [0, 0.05) is 48.8 Å². The van der Waals surface area contributed by atoms with E-state index in [9.17, 15) is 12.8 Å². The molecule has 4 rings (SSSR count). The molecule has 0 aliphatic carbocycles. The molecule has 2 aromatic rings. The first-order valence-electron chi connectivity index (χ1n) is 11.9. The minimum absolute atomic E-state index is 0.241. The Morgan fingerprint density at radius 3 is 2.51 bits per heavy atom. The summed E-state index contributed by atoms with van der Waals surface area (Å²) in [5.41, 5.74) is 1.05. The van der Waals surface area contributed by atoms with Gasteiger partial charge < -0.3 is 4.90 Å². The average Bonchev–Trinajstić information content (AvgIpc) is 2.80. The van der Waals surface area contributed by atoms with Crippen LogP contribution in [0.5, 0.6) is 0 Å². The number of halogens is 3. The number of nitrogens with zero attached hydrogens (tertiary/aromatic N) is 4. The van der Waals surface area contributed by atoms with Crippen molar-refractivity contribution in [3.8, 4) is 0 Å². The van der Waals surface area contributed by atoms with Gasteiger partial charge in [0.25, 0.3) is 0 Å². The zero-order valence-corrected chi connectivity index (χ0v) is 22.4. The van der Waals surface area contributed by atoms with E-state index >= 15 is 0 Å². The highest BCUT2D eigenvalue weighted by molar-refractivity contribution is 7.92. The Hall–Kier alpha value is -1.65. The molecule has 192 valence electrons. The van der Waals surface area contributed by atoms with Crippen molar-refractivity contribution < 1.29 is 12.8 Å². The number of anilines is 2. The number of hydrogen-bond acceptors (Lipinski definition) is 6. The van der Waals surface area contributed by atoms with Crippen LogP contribution in [0.1, 0.15) is 31.7 Å². The van der Waals surface area contributed by atoms with E-state index < -0.39 is 10.0 Å². The number of nitrogens with one attached hydrogen (secondary N) is 1. The lowest BCUT2D eigenvalue weighted by Gasteiger charge is -2.47. The Labute approximate surface area is 217 Å². The Balaban J connectivity index is 1.34. The summed E-state index contributed by atoms with van der Waals surface area (Å²) >= 11 is 12.4. The highest BCUT2D eigenvalue weighted by atomic mass is 35.5. The third kappa shape index (κ3) is 6.77. The predicted octanol–water partition coefficient (Wildman–Crippen LogP) is 4.46. The zero-order valence-electron chi connectivity index (χ0n) is 20.1. The lowest BCUT2D eigenvalue weighted by molar-refractivity contribution is 0.0607. The van der Waals surface area contributed by atoms with Gasteiger partial charge in [-0.25, -0.2) is 17.8 Å². The van der Waals surface area contributed by atoms with Gasteiger partial charge in [0.15, 0.2) is 0 Å². The van der Waals surface area contributed by atoms with Gasteiger partial charge in [0.1, 0.15) is 11.6 Å². The number of pyridine rings is 1. The smallest absolute Gasteiger partial charge is 0.229 e. The lowest BCUT2D eigenvalue weighted by Crippen LogP contribution is -2.58. The molecular formula is C24H32Cl2FN5O2S. The molecule has 1 atom stereocenters. The number of rotatable bonds is 7. The van der Waals surface area contributed by atoms with Crippen molar-refractivity contribution in [1.29, 1.82) is 0 Å². The van der Waals surface area contributed by atoms with Gasteiger partial charge in [-0.05, 0) is 50.6 Å². The van der Waals surface area contributed by atoms with Crippen LogP contribution in [0.3, 0.4) is 0 Å². The molecular weight excluding hydrogens is 512 g/mol. The van der Waals surface area contributed by atoms with E-state index in [0.29, 0.717) is 45.7 Å². The standard InChI is InChI=1S/C24H32Cl2FN5O2S/c1-3-20-16-31(24-22(26)13-19(14-28-24)29-35(2,33)34)10-11-32(20)21-6-8-30(9-7-21)15-17-4-5-18(25)12-23(17)27/h4-5,12-14,20-21,29H,3,6-11,15-16H2,1-2H3. The maximum absolute atomic E-state index is 14.2. The quantitative estimate of drug-likeness (QED) is 0.555. The molecule has 3 heterocycles.